The van der Waals surface area contributed by atoms with Gasteiger partial charge in [0.15, 0.2) is 11.5 Å². The molecular weight excluding hydrogens is 797 g/mol. The van der Waals surface area contributed by atoms with E-state index in [2.05, 4.69) is 214 Å². The van der Waals surface area contributed by atoms with Gasteiger partial charge in [0, 0.05) is 46.0 Å². The van der Waals surface area contributed by atoms with Crippen LogP contribution in [0.2, 0.25) is 0 Å². The standard InChI is InChI=1S/C58H48BN3O3/c1-57(2,3)39-29-25-37(26-30-39)52-35-48-55(64-52)59-54-46(60(48)41-17-9-7-10-18-41)33-43(62-44-21-13-15-23-50(44)63-51-24-16-14-22-45(51)62)34-47(54)61(42-19-11-8-12-20-42)49-36-53(65-56(49)59)38-27-31-40(32-28-38)58(4,5)6/h7-36H,1-6H3. The molecule has 0 aliphatic carbocycles. The number of nitrogens with zero attached hydrogens (tertiary/aromatic N) is 3. The third kappa shape index (κ3) is 6.32. The third-order valence-electron chi connectivity index (χ3n) is 13.2. The van der Waals surface area contributed by atoms with E-state index in [0.29, 0.717) is 0 Å². The first kappa shape index (κ1) is 39.0. The topological polar surface area (TPSA) is 45.2 Å². The molecule has 0 saturated heterocycles. The van der Waals surface area contributed by atoms with Crippen molar-refractivity contribution in [1.82, 2.24) is 0 Å². The normalized spacial score (nSPS) is 13.7. The molecule has 0 atom stereocenters. The average Bonchev–Trinajstić information content (AvgIpc) is 3.97. The molecule has 0 fully saturated rings. The molecule has 3 aliphatic heterocycles. The SMILES string of the molecule is CC(C)(C)c1ccc(-c2cc3c(o2)B2c4oc(-c5ccc(C(C)(C)C)cc5)cc4N(c4ccccc4)c4cc(N5c6ccccc6Oc6ccccc65)cc(c42)N3c2ccccc2)cc1. The quantitative estimate of drug-likeness (QED) is 0.161. The van der Waals surface area contributed by atoms with E-state index in [1.807, 2.05) is 24.3 Å². The number of fused-ring (bicyclic) bond motifs is 6. The molecule has 6 nitrogen and oxygen atoms in total. The molecule has 0 saturated carbocycles. The van der Waals surface area contributed by atoms with Crippen LogP contribution in [0.1, 0.15) is 52.7 Å². The number of furan rings is 2. The zero-order chi connectivity index (χ0) is 44.2. The lowest BCUT2D eigenvalue weighted by molar-refractivity contribution is 0.477. The van der Waals surface area contributed by atoms with E-state index in [1.54, 1.807) is 0 Å². The summed E-state index contributed by atoms with van der Waals surface area (Å²) in [7, 11) is 0. The molecule has 0 amide bonds. The lowest BCUT2D eigenvalue weighted by atomic mass is 9.38. The zero-order valence-corrected chi connectivity index (χ0v) is 37.5. The van der Waals surface area contributed by atoms with Gasteiger partial charge in [0.25, 0.3) is 0 Å². The van der Waals surface area contributed by atoms with E-state index in [9.17, 15) is 0 Å². The first-order valence-electron chi connectivity index (χ1n) is 22.5. The Balaban J connectivity index is 1.16. The molecule has 0 unspecified atom stereocenters. The number of hydrogen-bond donors (Lipinski definition) is 0. The predicted molar refractivity (Wildman–Crippen MR) is 268 cm³/mol. The fourth-order valence-electron chi connectivity index (χ4n) is 9.85. The van der Waals surface area contributed by atoms with Gasteiger partial charge >= 0.3 is 6.71 Å². The van der Waals surface area contributed by atoms with E-state index < -0.39 is 0 Å². The van der Waals surface area contributed by atoms with Gasteiger partial charge in [0.05, 0.1) is 28.4 Å². The summed E-state index contributed by atoms with van der Waals surface area (Å²) in [6, 6.07) is 64.7. The fraction of sp³-hybridized carbons (Fsp3) is 0.138. The molecule has 0 radical (unpaired) electrons. The molecule has 0 spiro atoms. The van der Waals surface area contributed by atoms with Crippen LogP contribution in [-0.2, 0) is 10.8 Å². The molecule has 0 bridgehead atoms. The maximum absolute atomic E-state index is 7.28. The Kier molecular flexibility index (Phi) is 8.67. The maximum Gasteiger partial charge on any atom is 0.342 e. The summed E-state index contributed by atoms with van der Waals surface area (Å²) in [6.07, 6.45) is 0. The van der Waals surface area contributed by atoms with Crippen molar-refractivity contribution in [2.24, 2.45) is 0 Å². The monoisotopic (exact) mass is 845 g/mol. The summed E-state index contributed by atoms with van der Waals surface area (Å²) in [5.74, 6) is 3.21. The highest BCUT2D eigenvalue weighted by Gasteiger charge is 2.49. The van der Waals surface area contributed by atoms with Crippen molar-refractivity contribution in [3.05, 3.63) is 193 Å². The number of anilines is 9. The minimum Gasteiger partial charge on any atom is -0.468 e. The van der Waals surface area contributed by atoms with E-state index in [1.165, 1.54) is 11.1 Å². The summed E-state index contributed by atoms with van der Waals surface area (Å²) in [6.45, 7) is 13.1. The Morgan fingerprint density at radius 2 is 0.754 bits per heavy atom. The van der Waals surface area contributed by atoms with Crippen molar-refractivity contribution in [3.8, 4) is 34.1 Å². The molecule has 12 rings (SSSR count). The van der Waals surface area contributed by atoms with Gasteiger partial charge in [-0.2, -0.15) is 0 Å². The second-order valence-corrected chi connectivity index (χ2v) is 19.4. The first-order chi connectivity index (χ1) is 31.5. The highest BCUT2D eigenvalue weighted by molar-refractivity contribution is 6.99. The van der Waals surface area contributed by atoms with Crippen LogP contribution in [-0.4, -0.2) is 6.71 Å². The smallest absolute Gasteiger partial charge is 0.342 e. The largest absolute Gasteiger partial charge is 0.468 e. The second kappa shape index (κ2) is 14.4. The summed E-state index contributed by atoms with van der Waals surface area (Å²) in [4.78, 5) is 7.10. The van der Waals surface area contributed by atoms with E-state index in [-0.39, 0.29) is 17.5 Å². The Morgan fingerprint density at radius 3 is 1.17 bits per heavy atom. The molecular formula is C58H48BN3O3. The van der Waals surface area contributed by atoms with E-state index in [0.717, 1.165) is 102 Å². The first-order valence-corrected chi connectivity index (χ1v) is 22.5. The number of rotatable bonds is 5. The van der Waals surface area contributed by atoms with Crippen LogP contribution in [0.15, 0.2) is 191 Å². The minimum absolute atomic E-state index is 0.0233. The van der Waals surface area contributed by atoms with Crippen molar-refractivity contribution >= 4 is 74.7 Å². The van der Waals surface area contributed by atoms with E-state index >= 15 is 0 Å². The molecule has 9 aromatic rings. The van der Waals surface area contributed by atoms with Gasteiger partial charge in [-0.3, -0.25) is 0 Å². The highest BCUT2D eigenvalue weighted by atomic mass is 16.5. The minimum atomic E-state index is -0.367. The molecule has 3 aliphatic rings. The van der Waals surface area contributed by atoms with Crippen LogP contribution in [0.4, 0.5) is 51.2 Å². The number of ether oxygens (including phenoxy) is 1. The van der Waals surface area contributed by atoms with Crippen molar-refractivity contribution < 1.29 is 13.6 Å². The highest BCUT2D eigenvalue weighted by Crippen LogP contribution is 2.54. The third-order valence-corrected chi connectivity index (χ3v) is 13.2. The lowest BCUT2D eigenvalue weighted by Gasteiger charge is -2.42. The molecule has 0 N–H and O–H groups in total. The van der Waals surface area contributed by atoms with E-state index in [4.69, 9.17) is 13.6 Å². The van der Waals surface area contributed by atoms with Crippen molar-refractivity contribution in [1.29, 1.82) is 0 Å². The Hall–Kier alpha value is -7.64. The molecule has 316 valence electrons. The maximum atomic E-state index is 7.28. The lowest BCUT2D eigenvalue weighted by Crippen LogP contribution is -2.60. The summed E-state index contributed by atoms with van der Waals surface area (Å²) >= 11 is 0. The summed E-state index contributed by atoms with van der Waals surface area (Å²) < 4.78 is 21.1. The van der Waals surface area contributed by atoms with Crippen LogP contribution in [0.25, 0.3) is 22.6 Å². The van der Waals surface area contributed by atoms with Crippen molar-refractivity contribution in [2.75, 3.05) is 14.7 Å². The van der Waals surface area contributed by atoms with Gasteiger partial charge in [-0.1, -0.05) is 151 Å². The predicted octanol–water partition coefficient (Wildman–Crippen LogP) is 14.5. The van der Waals surface area contributed by atoms with Gasteiger partial charge in [-0.15, -0.1) is 0 Å². The number of para-hydroxylation sites is 6. The van der Waals surface area contributed by atoms with Gasteiger partial charge in [0.1, 0.15) is 22.8 Å². The van der Waals surface area contributed by atoms with Crippen LogP contribution in [0, 0.1) is 0 Å². The summed E-state index contributed by atoms with van der Waals surface area (Å²) in [5, 5.41) is 0. The van der Waals surface area contributed by atoms with Crippen LogP contribution < -0.4 is 36.2 Å². The molecule has 2 aromatic heterocycles. The Morgan fingerprint density at radius 1 is 0.369 bits per heavy atom. The van der Waals surface area contributed by atoms with Gasteiger partial charge < -0.3 is 28.3 Å². The number of benzene rings is 7. The van der Waals surface area contributed by atoms with Crippen molar-refractivity contribution in [2.45, 2.75) is 52.4 Å². The fourth-order valence-corrected chi connectivity index (χ4v) is 9.85. The van der Waals surface area contributed by atoms with Gasteiger partial charge in [-0.05, 0) is 88.1 Å². The van der Waals surface area contributed by atoms with Gasteiger partial charge in [-0.25, -0.2) is 0 Å². The van der Waals surface area contributed by atoms with Crippen molar-refractivity contribution in [3.63, 3.8) is 0 Å². The summed E-state index contributed by atoms with van der Waals surface area (Å²) in [5.41, 5.74) is 16.4. The van der Waals surface area contributed by atoms with Crippen LogP contribution >= 0.6 is 0 Å². The average molecular weight is 846 g/mol. The molecule has 7 heteroatoms. The molecule has 65 heavy (non-hydrogen) atoms. The van der Waals surface area contributed by atoms with Gasteiger partial charge in [0.2, 0.25) is 0 Å². The Labute approximate surface area is 381 Å². The Bertz CT molecular complexity index is 3050. The second-order valence-electron chi connectivity index (χ2n) is 19.4. The zero-order valence-electron chi connectivity index (χ0n) is 37.5. The van der Waals surface area contributed by atoms with Crippen LogP contribution in [0.3, 0.4) is 0 Å². The van der Waals surface area contributed by atoms with Crippen LogP contribution in [0.5, 0.6) is 11.5 Å². The number of hydrogen-bond acceptors (Lipinski definition) is 6. The molecule has 5 heterocycles. The molecule has 7 aromatic carbocycles.